The Labute approximate surface area is 173 Å². The van der Waals surface area contributed by atoms with Crippen LogP contribution in [0.2, 0.25) is 0 Å². The maximum atomic E-state index is 13.1. The first-order valence-electron chi connectivity index (χ1n) is 9.99. The van der Waals surface area contributed by atoms with Gasteiger partial charge in [-0.1, -0.05) is 49.7 Å². The molecule has 0 aliphatic heterocycles. The molecular formula is C22H24N4O2S. The smallest absolute Gasteiger partial charge is 0.268 e. The van der Waals surface area contributed by atoms with Crippen molar-refractivity contribution in [2.24, 2.45) is 5.92 Å². The number of thioether (sulfide) groups is 1. The Balaban J connectivity index is 1.61. The number of fused-ring (bicyclic) bond motifs is 1. The van der Waals surface area contributed by atoms with E-state index in [1.54, 1.807) is 22.9 Å². The van der Waals surface area contributed by atoms with E-state index in [4.69, 9.17) is 0 Å². The average molecular weight is 409 g/mol. The number of nitrogens with zero attached hydrogens (tertiary/aromatic N) is 3. The lowest BCUT2D eigenvalue weighted by Gasteiger charge is -2.29. The van der Waals surface area contributed by atoms with E-state index in [1.165, 1.54) is 18.2 Å². The lowest BCUT2D eigenvalue weighted by molar-refractivity contribution is -0.119. The van der Waals surface area contributed by atoms with Gasteiger partial charge in [0.05, 0.1) is 16.8 Å². The number of amides is 1. The molecule has 3 aromatic rings. The van der Waals surface area contributed by atoms with E-state index in [0.717, 1.165) is 24.9 Å². The lowest BCUT2D eigenvalue weighted by atomic mass is 9.86. The van der Waals surface area contributed by atoms with E-state index in [9.17, 15) is 9.59 Å². The fraction of sp³-hybridized carbons (Fsp3) is 0.364. The van der Waals surface area contributed by atoms with Gasteiger partial charge < -0.3 is 5.32 Å². The number of nitrogens with one attached hydrogen (secondary N) is 1. The van der Waals surface area contributed by atoms with Crippen LogP contribution in [0.1, 0.15) is 32.6 Å². The standard InChI is InChI=1S/C22H24N4O2S/c1-15-8-5-6-12-18(15)24-19(27)14-29-22-25-20-17(11-7-13-23-20)21(28)26(22)16-9-3-2-4-10-16/h2-4,7,9-11,13,15,18H,5-6,8,12,14H2,1H3,(H,24,27)/t15-,18-/m0/s1. The average Bonchev–Trinajstić information content (AvgIpc) is 2.75. The summed E-state index contributed by atoms with van der Waals surface area (Å²) in [5.41, 5.74) is 0.936. The van der Waals surface area contributed by atoms with Crippen molar-refractivity contribution >= 4 is 28.7 Å². The third kappa shape index (κ3) is 4.34. The van der Waals surface area contributed by atoms with Gasteiger partial charge in [0.1, 0.15) is 0 Å². The van der Waals surface area contributed by atoms with Gasteiger partial charge in [0.25, 0.3) is 5.56 Å². The van der Waals surface area contributed by atoms with E-state index < -0.39 is 0 Å². The number of carbonyl (C=O) groups is 1. The Kier molecular flexibility index (Phi) is 5.94. The van der Waals surface area contributed by atoms with E-state index in [0.29, 0.717) is 22.1 Å². The van der Waals surface area contributed by atoms with Gasteiger partial charge in [-0.15, -0.1) is 0 Å². The highest BCUT2D eigenvalue weighted by Gasteiger charge is 2.23. The molecule has 2 heterocycles. The molecule has 1 fully saturated rings. The molecule has 6 nitrogen and oxygen atoms in total. The van der Waals surface area contributed by atoms with Crippen molar-refractivity contribution in [2.45, 2.75) is 43.8 Å². The molecule has 0 bridgehead atoms. The molecule has 0 spiro atoms. The molecule has 0 unspecified atom stereocenters. The summed E-state index contributed by atoms with van der Waals surface area (Å²) in [6, 6.07) is 13.1. The zero-order chi connectivity index (χ0) is 20.2. The Bertz CT molecular complexity index is 1070. The minimum atomic E-state index is -0.182. The highest BCUT2D eigenvalue weighted by atomic mass is 32.2. The first-order valence-corrected chi connectivity index (χ1v) is 11.0. The summed E-state index contributed by atoms with van der Waals surface area (Å²) in [7, 11) is 0. The Morgan fingerprint density at radius 2 is 1.97 bits per heavy atom. The Hall–Kier alpha value is -2.67. The molecule has 1 aromatic carbocycles. The highest BCUT2D eigenvalue weighted by molar-refractivity contribution is 7.99. The summed E-state index contributed by atoms with van der Waals surface area (Å²) in [4.78, 5) is 34.5. The predicted octanol–water partition coefficient (Wildman–Crippen LogP) is 3.57. The van der Waals surface area contributed by atoms with Gasteiger partial charge in [0, 0.05) is 12.2 Å². The molecule has 2 aromatic heterocycles. The molecule has 150 valence electrons. The number of aromatic nitrogens is 3. The molecule has 4 rings (SSSR count). The van der Waals surface area contributed by atoms with Crippen LogP contribution in [0.4, 0.5) is 0 Å². The summed E-state index contributed by atoms with van der Waals surface area (Å²) in [6.45, 7) is 2.20. The van der Waals surface area contributed by atoms with Crippen molar-refractivity contribution in [3.8, 4) is 5.69 Å². The minimum Gasteiger partial charge on any atom is -0.352 e. The summed E-state index contributed by atoms with van der Waals surface area (Å²) in [5, 5.41) is 4.09. The summed E-state index contributed by atoms with van der Waals surface area (Å²) >= 11 is 1.27. The first kappa shape index (κ1) is 19.6. The fourth-order valence-electron chi connectivity index (χ4n) is 3.81. The topological polar surface area (TPSA) is 76.9 Å². The number of para-hydroxylation sites is 1. The highest BCUT2D eigenvalue weighted by Crippen LogP contribution is 2.24. The lowest BCUT2D eigenvalue weighted by Crippen LogP contribution is -2.41. The van der Waals surface area contributed by atoms with Crippen LogP contribution < -0.4 is 10.9 Å². The maximum Gasteiger partial charge on any atom is 0.268 e. The molecule has 0 radical (unpaired) electrons. The van der Waals surface area contributed by atoms with E-state index in [-0.39, 0.29) is 23.3 Å². The fourth-order valence-corrected chi connectivity index (χ4v) is 4.62. The molecular weight excluding hydrogens is 384 g/mol. The van der Waals surface area contributed by atoms with Crippen LogP contribution in [-0.4, -0.2) is 32.2 Å². The number of rotatable bonds is 5. The molecule has 1 saturated carbocycles. The normalized spacial score (nSPS) is 19.2. The third-order valence-electron chi connectivity index (χ3n) is 5.42. The van der Waals surface area contributed by atoms with Crippen molar-refractivity contribution in [1.29, 1.82) is 0 Å². The number of carbonyl (C=O) groups excluding carboxylic acids is 1. The minimum absolute atomic E-state index is 0.0243. The summed E-state index contributed by atoms with van der Waals surface area (Å²) < 4.78 is 1.56. The first-order chi connectivity index (χ1) is 14.1. The monoisotopic (exact) mass is 408 g/mol. The molecule has 7 heteroatoms. The van der Waals surface area contributed by atoms with Gasteiger partial charge in [0.15, 0.2) is 10.8 Å². The van der Waals surface area contributed by atoms with Crippen LogP contribution in [-0.2, 0) is 4.79 Å². The molecule has 1 N–H and O–H groups in total. The summed E-state index contributed by atoms with van der Waals surface area (Å²) in [6.07, 6.45) is 6.20. The van der Waals surface area contributed by atoms with Gasteiger partial charge in [-0.25, -0.2) is 9.97 Å². The van der Waals surface area contributed by atoms with E-state index in [2.05, 4.69) is 22.2 Å². The number of hydrogen-bond acceptors (Lipinski definition) is 5. The zero-order valence-corrected chi connectivity index (χ0v) is 17.2. The van der Waals surface area contributed by atoms with E-state index in [1.807, 2.05) is 30.3 Å². The van der Waals surface area contributed by atoms with Gasteiger partial charge >= 0.3 is 0 Å². The number of hydrogen-bond donors (Lipinski definition) is 1. The van der Waals surface area contributed by atoms with Crippen LogP contribution in [0.15, 0.2) is 58.6 Å². The van der Waals surface area contributed by atoms with Gasteiger partial charge in [-0.3, -0.25) is 14.2 Å². The number of pyridine rings is 1. The molecule has 2 atom stereocenters. The van der Waals surface area contributed by atoms with Gasteiger partial charge in [-0.2, -0.15) is 0 Å². The molecule has 1 amide bonds. The SMILES string of the molecule is C[C@H]1CCCC[C@@H]1NC(=O)CSc1nc2ncccc2c(=O)n1-c1ccccc1. The summed E-state index contributed by atoms with van der Waals surface area (Å²) in [5.74, 6) is 0.688. The van der Waals surface area contributed by atoms with E-state index >= 15 is 0 Å². The largest absolute Gasteiger partial charge is 0.352 e. The van der Waals surface area contributed by atoms with Crippen molar-refractivity contribution in [1.82, 2.24) is 19.9 Å². The van der Waals surface area contributed by atoms with Gasteiger partial charge in [0.2, 0.25) is 5.91 Å². The second-order valence-electron chi connectivity index (χ2n) is 7.47. The molecule has 0 saturated heterocycles. The molecule has 1 aliphatic carbocycles. The quantitative estimate of drug-likeness (QED) is 0.516. The van der Waals surface area contributed by atoms with Crippen molar-refractivity contribution in [2.75, 3.05) is 5.75 Å². The van der Waals surface area contributed by atoms with Crippen molar-refractivity contribution < 1.29 is 4.79 Å². The van der Waals surface area contributed by atoms with Crippen molar-refractivity contribution in [3.05, 3.63) is 59.0 Å². The Morgan fingerprint density at radius 1 is 1.17 bits per heavy atom. The third-order valence-corrected chi connectivity index (χ3v) is 6.36. The Morgan fingerprint density at radius 3 is 2.76 bits per heavy atom. The van der Waals surface area contributed by atoms with Crippen molar-refractivity contribution in [3.63, 3.8) is 0 Å². The second-order valence-corrected chi connectivity index (χ2v) is 8.41. The number of benzene rings is 1. The van der Waals surface area contributed by atoms with Crippen LogP contribution in [0.5, 0.6) is 0 Å². The van der Waals surface area contributed by atoms with Crippen LogP contribution in [0.3, 0.4) is 0 Å². The van der Waals surface area contributed by atoms with Crippen LogP contribution in [0, 0.1) is 5.92 Å². The molecule has 1 aliphatic rings. The second kappa shape index (κ2) is 8.78. The van der Waals surface area contributed by atoms with Gasteiger partial charge in [-0.05, 0) is 43.0 Å². The maximum absolute atomic E-state index is 13.1. The van der Waals surface area contributed by atoms with Crippen LogP contribution >= 0.6 is 11.8 Å². The van der Waals surface area contributed by atoms with Crippen LogP contribution in [0.25, 0.3) is 16.7 Å². The predicted molar refractivity (Wildman–Crippen MR) is 115 cm³/mol. The molecule has 29 heavy (non-hydrogen) atoms. The zero-order valence-electron chi connectivity index (χ0n) is 16.4.